The highest BCUT2D eigenvalue weighted by Gasteiger charge is 2.13. The molecular formula is C28H25FO4. The van der Waals surface area contributed by atoms with E-state index >= 15 is 0 Å². The second kappa shape index (κ2) is 9.65. The van der Waals surface area contributed by atoms with Crippen molar-refractivity contribution in [2.45, 2.75) is 27.7 Å². The molecule has 0 saturated carbocycles. The van der Waals surface area contributed by atoms with Crippen molar-refractivity contribution >= 4 is 11.9 Å². The molecule has 4 nitrogen and oxygen atoms in total. The maximum Gasteiger partial charge on any atom is 0.338 e. The summed E-state index contributed by atoms with van der Waals surface area (Å²) in [6.07, 6.45) is 0. The minimum atomic E-state index is -0.669. The van der Waals surface area contributed by atoms with Gasteiger partial charge in [-0.15, -0.1) is 0 Å². The van der Waals surface area contributed by atoms with Gasteiger partial charge in [-0.05, 0) is 85.3 Å². The predicted octanol–water partition coefficient (Wildman–Crippen LogP) is 6.74. The molecule has 0 aliphatic rings. The maximum absolute atomic E-state index is 14.5. The van der Waals surface area contributed by atoms with Crippen LogP contribution in [0.2, 0.25) is 0 Å². The quantitative estimate of drug-likeness (QED) is 0.240. The molecule has 0 amide bonds. The van der Waals surface area contributed by atoms with Crippen LogP contribution in [0.1, 0.15) is 25.0 Å². The molecule has 33 heavy (non-hydrogen) atoms. The minimum Gasteiger partial charge on any atom is -0.423 e. The molecule has 0 fully saturated rings. The highest BCUT2D eigenvalue weighted by molar-refractivity contribution is 5.89. The fourth-order valence-electron chi connectivity index (χ4n) is 3.24. The van der Waals surface area contributed by atoms with Crippen LogP contribution < -0.4 is 9.47 Å². The molecule has 0 aliphatic heterocycles. The number of halogens is 1. The number of hydrogen-bond donors (Lipinski definition) is 0. The summed E-state index contributed by atoms with van der Waals surface area (Å²) in [5, 5.41) is 0. The van der Waals surface area contributed by atoms with Gasteiger partial charge in [0.2, 0.25) is 0 Å². The van der Waals surface area contributed by atoms with E-state index in [1.54, 1.807) is 19.1 Å². The Labute approximate surface area is 193 Å². The van der Waals surface area contributed by atoms with Gasteiger partial charge in [-0.3, -0.25) is 0 Å². The van der Waals surface area contributed by atoms with E-state index in [1.165, 1.54) is 19.1 Å². The normalized spacial score (nSPS) is 10.5. The van der Waals surface area contributed by atoms with Gasteiger partial charge in [0.15, 0.2) is 11.6 Å². The lowest BCUT2D eigenvalue weighted by atomic mass is 9.95. The van der Waals surface area contributed by atoms with Gasteiger partial charge in [-0.1, -0.05) is 43.5 Å². The fourth-order valence-corrected chi connectivity index (χ4v) is 3.24. The van der Waals surface area contributed by atoms with Crippen LogP contribution in [0.5, 0.6) is 11.5 Å². The number of carbonyl (C=O) groups excluding carboxylic acids is 2. The molecule has 168 valence electrons. The number of esters is 2. The van der Waals surface area contributed by atoms with Gasteiger partial charge in [0, 0.05) is 11.1 Å². The lowest BCUT2D eigenvalue weighted by molar-refractivity contribution is -0.131. The van der Waals surface area contributed by atoms with Gasteiger partial charge < -0.3 is 9.47 Å². The monoisotopic (exact) mass is 444 g/mol. The Morgan fingerprint density at radius 2 is 1.18 bits per heavy atom. The minimum absolute atomic E-state index is 0.135. The van der Waals surface area contributed by atoms with Gasteiger partial charge >= 0.3 is 11.9 Å². The van der Waals surface area contributed by atoms with Gasteiger partial charge in [0.25, 0.3) is 0 Å². The number of hydrogen-bond acceptors (Lipinski definition) is 4. The zero-order chi connectivity index (χ0) is 24.3. The average molecular weight is 445 g/mol. The van der Waals surface area contributed by atoms with Crippen molar-refractivity contribution in [3.8, 4) is 33.8 Å². The summed E-state index contributed by atoms with van der Waals surface area (Å²) in [5.41, 5.74) is 5.78. The van der Waals surface area contributed by atoms with Crippen LogP contribution in [-0.4, -0.2) is 11.9 Å². The van der Waals surface area contributed by atoms with Crippen molar-refractivity contribution in [2.75, 3.05) is 0 Å². The number of rotatable bonds is 6. The van der Waals surface area contributed by atoms with Crippen LogP contribution in [-0.2, 0) is 9.59 Å². The van der Waals surface area contributed by atoms with Crippen LogP contribution in [0, 0.1) is 19.7 Å². The van der Waals surface area contributed by atoms with E-state index in [0.29, 0.717) is 16.9 Å². The largest absolute Gasteiger partial charge is 0.423 e. The van der Waals surface area contributed by atoms with Gasteiger partial charge in [-0.25, -0.2) is 14.0 Å². The summed E-state index contributed by atoms with van der Waals surface area (Å²) in [4.78, 5) is 23.4. The Morgan fingerprint density at radius 1 is 0.697 bits per heavy atom. The molecule has 0 bridgehead atoms. The Hall–Kier alpha value is -3.99. The summed E-state index contributed by atoms with van der Waals surface area (Å²) in [6.45, 7) is 14.0. The number of ether oxygens (including phenoxy) is 2. The molecule has 0 atom stereocenters. The van der Waals surface area contributed by atoms with Crippen LogP contribution in [0.15, 0.2) is 78.9 Å². The molecule has 5 heteroatoms. The SMILES string of the molecule is C=C(C)C(=O)Oc1ccc(-c2ccc(-c3ccc(OC(=O)C(=C)C)c(F)c3)c(C)c2)cc1C. The third-order valence-corrected chi connectivity index (χ3v) is 5.08. The number of aryl methyl sites for hydroxylation is 2. The molecule has 0 N–H and O–H groups in total. The van der Waals surface area contributed by atoms with E-state index in [-0.39, 0.29) is 11.3 Å². The summed E-state index contributed by atoms with van der Waals surface area (Å²) >= 11 is 0. The second-order valence-corrected chi connectivity index (χ2v) is 7.99. The molecule has 0 saturated heterocycles. The van der Waals surface area contributed by atoms with E-state index in [2.05, 4.69) is 13.2 Å². The Kier molecular flexibility index (Phi) is 6.92. The van der Waals surface area contributed by atoms with E-state index in [9.17, 15) is 14.0 Å². The molecular weight excluding hydrogens is 419 g/mol. The van der Waals surface area contributed by atoms with Gasteiger partial charge in [0.1, 0.15) is 5.75 Å². The predicted molar refractivity (Wildman–Crippen MR) is 128 cm³/mol. The van der Waals surface area contributed by atoms with Crippen molar-refractivity contribution < 1.29 is 23.5 Å². The lowest BCUT2D eigenvalue weighted by Gasteiger charge is -2.13. The standard InChI is InChI=1S/C28H25FO4/c1-16(2)27(30)32-25-11-8-21(14-19(25)6)20-7-10-23(18(5)13-20)22-9-12-26(24(29)15-22)33-28(31)17(3)4/h7-15H,1,3H2,2,4-6H3. The molecule has 0 aliphatic carbocycles. The average Bonchev–Trinajstić information content (AvgIpc) is 2.76. The third kappa shape index (κ3) is 5.44. The van der Waals surface area contributed by atoms with E-state index < -0.39 is 17.8 Å². The molecule has 0 unspecified atom stereocenters. The summed E-state index contributed by atoms with van der Waals surface area (Å²) in [5.74, 6) is -1.40. The zero-order valence-corrected chi connectivity index (χ0v) is 19.1. The molecule has 0 heterocycles. The first-order valence-corrected chi connectivity index (χ1v) is 10.3. The van der Waals surface area contributed by atoms with Crippen LogP contribution in [0.3, 0.4) is 0 Å². The molecule has 0 radical (unpaired) electrons. The first-order chi connectivity index (χ1) is 15.6. The highest BCUT2D eigenvalue weighted by Crippen LogP contribution is 2.33. The molecule has 3 aromatic rings. The van der Waals surface area contributed by atoms with Crippen LogP contribution in [0.4, 0.5) is 4.39 Å². The van der Waals surface area contributed by atoms with Crippen molar-refractivity contribution in [1.29, 1.82) is 0 Å². The Bertz CT molecular complexity index is 1290. The zero-order valence-electron chi connectivity index (χ0n) is 19.1. The first-order valence-electron chi connectivity index (χ1n) is 10.3. The van der Waals surface area contributed by atoms with Crippen molar-refractivity contribution in [2.24, 2.45) is 0 Å². The van der Waals surface area contributed by atoms with E-state index in [1.807, 2.05) is 44.2 Å². The molecule has 3 rings (SSSR count). The van der Waals surface area contributed by atoms with Crippen molar-refractivity contribution in [3.63, 3.8) is 0 Å². The topological polar surface area (TPSA) is 52.6 Å². The Morgan fingerprint density at radius 3 is 1.70 bits per heavy atom. The van der Waals surface area contributed by atoms with Gasteiger partial charge in [0.05, 0.1) is 0 Å². The summed E-state index contributed by atoms with van der Waals surface area (Å²) < 4.78 is 24.9. The number of benzene rings is 3. The highest BCUT2D eigenvalue weighted by atomic mass is 19.1. The van der Waals surface area contributed by atoms with Crippen molar-refractivity contribution in [1.82, 2.24) is 0 Å². The summed E-state index contributed by atoms with van der Waals surface area (Å²) in [6, 6.07) is 16.0. The maximum atomic E-state index is 14.5. The molecule has 3 aromatic carbocycles. The van der Waals surface area contributed by atoms with E-state index in [0.717, 1.165) is 27.8 Å². The Balaban J connectivity index is 1.86. The number of carbonyl (C=O) groups is 2. The van der Waals surface area contributed by atoms with Crippen LogP contribution in [0.25, 0.3) is 22.3 Å². The smallest absolute Gasteiger partial charge is 0.338 e. The third-order valence-electron chi connectivity index (χ3n) is 5.08. The van der Waals surface area contributed by atoms with Gasteiger partial charge in [-0.2, -0.15) is 0 Å². The van der Waals surface area contributed by atoms with Crippen LogP contribution >= 0.6 is 0 Å². The lowest BCUT2D eigenvalue weighted by Crippen LogP contribution is -2.09. The fraction of sp³-hybridized carbons (Fsp3) is 0.143. The summed E-state index contributed by atoms with van der Waals surface area (Å²) in [7, 11) is 0. The molecule has 0 aromatic heterocycles. The van der Waals surface area contributed by atoms with E-state index in [4.69, 9.17) is 9.47 Å². The molecule has 0 spiro atoms. The van der Waals surface area contributed by atoms with Crippen molar-refractivity contribution in [3.05, 3.63) is 95.8 Å². The second-order valence-electron chi connectivity index (χ2n) is 7.99. The first kappa shape index (κ1) is 23.7.